The molecule has 138 valence electrons. The van der Waals surface area contributed by atoms with Gasteiger partial charge in [-0.3, -0.25) is 9.80 Å². The van der Waals surface area contributed by atoms with Crippen LogP contribution in [-0.2, 0) is 6.54 Å². The Labute approximate surface area is 150 Å². The standard InChI is InChI=1S/C20H30N2O3/c23-10-7-18-15-21(8-9-22(18)17-3-1-2-4-17)14-16-5-6-19-20(13-16)25-12-11-24-19/h5-6,13,17-18,23H,1-4,7-12,14-15H2/t18-/m0/s1. The van der Waals surface area contributed by atoms with Crippen molar-refractivity contribution in [2.45, 2.75) is 50.7 Å². The van der Waals surface area contributed by atoms with Crippen LogP contribution < -0.4 is 9.47 Å². The molecule has 1 atom stereocenters. The number of nitrogens with zero attached hydrogens (tertiary/aromatic N) is 2. The van der Waals surface area contributed by atoms with Crippen molar-refractivity contribution >= 4 is 0 Å². The average Bonchev–Trinajstić information content (AvgIpc) is 3.17. The van der Waals surface area contributed by atoms with E-state index in [2.05, 4.69) is 21.9 Å². The lowest BCUT2D eigenvalue weighted by Gasteiger charge is -2.44. The molecule has 1 aliphatic carbocycles. The van der Waals surface area contributed by atoms with Gasteiger partial charge in [0, 0.05) is 44.9 Å². The topological polar surface area (TPSA) is 45.2 Å². The maximum atomic E-state index is 9.51. The summed E-state index contributed by atoms with van der Waals surface area (Å²) in [5.41, 5.74) is 1.28. The summed E-state index contributed by atoms with van der Waals surface area (Å²) >= 11 is 0. The highest BCUT2D eigenvalue weighted by Crippen LogP contribution is 2.32. The van der Waals surface area contributed by atoms with Gasteiger partial charge < -0.3 is 14.6 Å². The van der Waals surface area contributed by atoms with Crippen molar-refractivity contribution < 1.29 is 14.6 Å². The summed E-state index contributed by atoms with van der Waals surface area (Å²) < 4.78 is 11.3. The fraction of sp³-hybridized carbons (Fsp3) is 0.700. The van der Waals surface area contributed by atoms with E-state index < -0.39 is 0 Å². The highest BCUT2D eigenvalue weighted by atomic mass is 16.6. The highest BCUT2D eigenvalue weighted by Gasteiger charge is 2.33. The number of benzene rings is 1. The molecule has 2 fully saturated rings. The molecular weight excluding hydrogens is 316 g/mol. The molecule has 5 nitrogen and oxygen atoms in total. The van der Waals surface area contributed by atoms with E-state index in [4.69, 9.17) is 9.47 Å². The largest absolute Gasteiger partial charge is 0.486 e. The van der Waals surface area contributed by atoms with Crippen LogP contribution in [0.3, 0.4) is 0 Å². The lowest BCUT2D eigenvalue weighted by atomic mass is 10.0. The van der Waals surface area contributed by atoms with Crippen LogP contribution in [0.15, 0.2) is 18.2 Å². The normalized spacial score (nSPS) is 25.4. The summed E-state index contributed by atoms with van der Waals surface area (Å²) in [4.78, 5) is 5.21. The van der Waals surface area contributed by atoms with Gasteiger partial charge in [0.1, 0.15) is 13.2 Å². The van der Waals surface area contributed by atoms with E-state index in [0.717, 1.165) is 50.1 Å². The van der Waals surface area contributed by atoms with E-state index in [0.29, 0.717) is 19.3 Å². The van der Waals surface area contributed by atoms with Gasteiger partial charge in [-0.1, -0.05) is 18.9 Å². The number of rotatable bonds is 5. The Kier molecular flexibility index (Phi) is 5.44. The Bertz CT molecular complexity index is 574. The van der Waals surface area contributed by atoms with Crippen LogP contribution >= 0.6 is 0 Å². The average molecular weight is 346 g/mol. The minimum atomic E-state index is 0.283. The molecule has 0 bridgehead atoms. The zero-order valence-electron chi connectivity index (χ0n) is 15.0. The molecule has 0 spiro atoms. The number of aliphatic hydroxyl groups excluding tert-OH is 1. The fourth-order valence-electron chi connectivity index (χ4n) is 4.64. The third kappa shape index (κ3) is 3.94. The number of hydrogen-bond donors (Lipinski definition) is 1. The van der Waals surface area contributed by atoms with Crippen LogP contribution in [0.2, 0.25) is 0 Å². The monoisotopic (exact) mass is 346 g/mol. The van der Waals surface area contributed by atoms with Crippen molar-refractivity contribution in [3.8, 4) is 11.5 Å². The van der Waals surface area contributed by atoms with E-state index in [1.165, 1.54) is 31.2 Å². The first kappa shape index (κ1) is 17.1. The second-order valence-electron chi connectivity index (χ2n) is 7.56. The molecule has 1 N–H and O–H groups in total. The predicted octanol–water partition coefficient (Wildman–Crippen LogP) is 2.27. The smallest absolute Gasteiger partial charge is 0.161 e. The van der Waals surface area contributed by atoms with Crippen molar-refractivity contribution in [3.63, 3.8) is 0 Å². The molecule has 0 unspecified atom stereocenters. The van der Waals surface area contributed by atoms with Crippen LogP contribution in [0.25, 0.3) is 0 Å². The quantitative estimate of drug-likeness (QED) is 0.886. The van der Waals surface area contributed by atoms with Gasteiger partial charge in [-0.2, -0.15) is 0 Å². The van der Waals surface area contributed by atoms with Gasteiger partial charge in [0.2, 0.25) is 0 Å². The second-order valence-corrected chi connectivity index (χ2v) is 7.56. The van der Waals surface area contributed by atoms with Crippen LogP contribution in [0.5, 0.6) is 11.5 Å². The lowest BCUT2D eigenvalue weighted by Crippen LogP contribution is -2.56. The first-order chi connectivity index (χ1) is 12.3. The molecule has 4 rings (SSSR count). The van der Waals surface area contributed by atoms with Crippen molar-refractivity contribution in [2.24, 2.45) is 0 Å². The molecule has 2 heterocycles. The van der Waals surface area contributed by atoms with Gasteiger partial charge in [-0.05, 0) is 37.0 Å². The van der Waals surface area contributed by atoms with Gasteiger partial charge in [-0.25, -0.2) is 0 Å². The van der Waals surface area contributed by atoms with Crippen LogP contribution in [-0.4, -0.2) is 66.4 Å². The molecular formula is C20H30N2O3. The Hall–Kier alpha value is -1.30. The second kappa shape index (κ2) is 7.94. The van der Waals surface area contributed by atoms with Crippen LogP contribution in [0.1, 0.15) is 37.7 Å². The maximum Gasteiger partial charge on any atom is 0.161 e. The number of fused-ring (bicyclic) bond motifs is 1. The molecule has 0 aromatic heterocycles. The molecule has 1 saturated heterocycles. The minimum Gasteiger partial charge on any atom is -0.486 e. The number of hydrogen-bond acceptors (Lipinski definition) is 5. The fourth-order valence-corrected chi connectivity index (χ4v) is 4.64. The highest BCUT2D eigenvalue weighted by molar-refractivity contribution is 5.43. The van der Waals surface area contributed by atoms with E-state index in [1.807, 2.05) is 6.07 Å². The molecule has 5 heteroatoms. The summed E-state index contributed by atoms with van der Waals surface area (Å²) in [6.45, 7) is 5.77. The first-order valence-electron chi connectivity index (χ1n) is 9.81. The summed E-state index contributed by atoms with van der Waals surface area (Å²) in [5, 5.41) is 9.51. The molecule has 3 aliphatic rings. The summed E-state index contributed by atoms with van der Waals surface area (Å²) in [6, 6.07) is 7.53. The Morgan fingerprint density at radius 1 is 1.04 bits per heavy atom. The van der Waals surface area contributed by atoms with Crippen LogP contribution in [0, 0.1) is 0 Å². The minimum absolute atomic E-state index is 0.283. The number of piperazine rings is 1. The maximum absolute atomic E-state index is 9.51. The molecule has 0 amide bonds. The van der Waals surface area contributed by atoms with Gasteiger partial charge in [0.05, 0.1) is 0 Å². The summed E-state index contributed by atoms with van der Waals surface area (Å²) in [5.74, 6) is 1.74. The number of aliphatic hydroxyl groups is 1. The Morgan fingerprint density at radius 2 is 1.84 bits per heavy atom. The Balaban J connectivity index is 1.40. The molecule has 25 heavy (non-hydrogen) atoms. The Morgan fingerprint density at radius 3 is 2.64 bits per heavy atom. The van der Waals surface area contributed by atoms with Crippen molar-refractivity contribution in [1.29, 1.82) is 0 Å². The first-order valence-corrected chi connectivity index (χ1v) is 9.81. The SMILES string of the molecule is OCC[C@H]1CN(Cc2ccc3c(c2)OCCO3)CCN1C1CCCC1. The van der Waals surface area contributed by atoms with Gasteiger partial charge >= 0.3 is 0 Å². The third-order valence-corrected chi connectivity index (χ3v) is 5.88. The number of ether oxygens (including phenoxy) is 2. The molecule has 1 aromatic carbocycles. The van der Waals surface area contributed by atoms with E-state index in [1.54, 1.807) is 0 Å². The van der Waals surface area contributed by atoms with E-state index in [9.17, 15) is 5.11 Å². The van der Waals surface area contributed by atoms with Crippen molar-refractivity contribution in [1.82, 2.24) is 9.80 Å². The van der Waals surface area contributed by atoms with E-state index in [-0.39, 0.29) is 6.61 Å². The third-order valence-electron chi connectivity index (χ3n) is 5.88. The van der Waals surface area contributed by atoms with Crippen molar-refractivity contribution in [3.05, 3.63) is 23.8 Å². The summed E-state index contributed by atoms with van der Waals surface area (Å²) in [7, 11) is 0. The molecule has 2 aliphatic heterocycles. The molecule has 1 aromatic rings. The molecule has 0 radical (unpaired) electrons. The van der Waals surface area contributed by atoms with Gasteiger partial charge in [0.15, 0.2) is 11.5 Å². The zero-order chi connectivity index (χ0) is 17.1. The lowest BCUT2D eigenvalue weighted by molar-refractivity contribution is 0.0267. The van der Waals surface area contributed by atoms with Gasteiger partial charge in [0.25, 0.3) is 0 Å². The van der Waals surface area contributed by atoms with E-state index >= 15 is 0 Å². The van der Waals surface area contributed by atoms with Gasteiger partial charge in [-0.15, -0.1) is 0 Å². The zero-order valence-corrected chi connectivity index (χ0v) is 15.0. The predicted molar refractivity (Wildman–Crippen MR) is 97.2 cm³/mol. The van der Waals surface area contributed by atoms with Crippen molar-refractivity contribution in [2.75, 3.05) is 39.5 Å². The summed E-state index contributed by atoms with van der Waals surface area (Å²) in [6.07, 6.45) is 6.30. The molecule has 1 saturated carbocycles. The van der Waals surface area contributed by atoms with Crippen LogP contribution in [0.4, 0.5) is 0 Å².